The fourth-order valence-electron chi connectivity index (χ4n) is 0.495. The quantitative estimate of drug-likeness (QED) is 0.589. The molecule has 0 rings (SSSR count). The monoisotopic (exact) mass is 199 g/mol. The molecule has 0 atom stereocenters. The molecule has 6 heteroatoms. The van der Waals surface area contributed by atoms with E-state index in [1.165, 1.54) is 7.05 Å². The van der Waals surface area contributed by atoms with Crippen molar-refractivity contribution in [2.24, 2.45) is 0 Å². The molecule has 0 fully saturated rings. The second kappa shape index (κ2) is 3.18. The van der Waals surface area contributed by atoms with Crippen LogP contribution in [0.1, 0.15) is 0 Å². The zero-order chi connectivity index (χ0) is 10.2. The standard InChI is InChI=1S/C6H12F3NOSi/c1-10(12(2,3)4)5(11)6(7,8)9/h1-4H3/q+1. The minimum Gasteiger partial charge on any atom is -0.217 e. The van der Waals surface area contributed by atoms with Crippen molar-refractivity contribution in [3.8, 4) is 0 Å². The molecular weight excluding hydrogens is 187 g/mol. The van der Waals surface area contributed by atoms with Crippen LogP contribution in [0.15, 0.2) is 0 Å². The lowest BCUT2D eigenvalue weighted by Gasteiger charge is -2.17. The first kappa shape index (κ1) is 11.6. The molecule has 1 radical (unpaired) electrons. The SMILES string of the molecule is C[N+](C(=O)C(F)(F)F)[Si](C)(C)C. The highest BCUT2D eigenvalue weighted by Gasteiger charge is 2.53. The summed E-state index contributed by atoms with van der Waals surface area (Å²) in [4.78, 5) is 10.6. The van der Waals surface area contributed by atoms with Crippen molar-refractivity contribution >= 4 is 14.1 Å². The Morgan fingerprint density at radius 2 is 1.58 bits per heavy atom. The zero-order valence-electron chi connectivity index (χ0n) is 7.49. The normalized spacial score (nSPS) is 13.7. The minimum absolute atomic E-state index is 0.812. The van der Waals surface area contributed by atoms with Crippen LogP contribution in [0, 0.1) is 0 Å². The summed E-state index contributed by atoms with van der Waals surface area (Å²) in [6.45, 7) is 5.03. The third-order valence-electron chi connectivity index (χ3n) is 1.55. The van der Waals surface area contributed by atoms with Gasteiger partial charge in [0.1, 0.15) is 7.05 Å². The summed E-state index contributed by atoms with van der Waals surface area (Å²) in [6.07, 6.45) is -4.74. The Bertz CT molecular complexity index is 184. The van der Waals surface area contributed by atoms with E-state index in [0.29, 0.717) is 0 Å². The predicted octanol–water partition coefficient (Wildman–Crippen LogP) is 1.68. The topological polar surface area (TPSA) is 23.0 Å². The second-order valence-electron chi connectivity index (χ2n) is 3.53. The Hall–Kier alpha value is -0.363. The van der Waals surface area contributed by atoms with Crippen LogP contribution < -0.4 is 4.57 Å². The molecule has 2 nitrogen and oxygen atoms in total. The molecule has 0 saturated carbocycles. The zero-order valence-corrected chi connectivity index (χ0v) is 8.49. The minimum atomic E-state index is -4.74. The molecule has 71 valence electrons. The second-order valence-corrected chi connectivity index (χ2v) is 8.55. The first-order valence-corrected chi connectivity index (χ1v) is 6.86. The summed E-state index contributed by atoms with van der Waals surface area (Å²) < 4.78 is 36.4. The Morgan fingerprint density at radius 1 is 1.25 bits per heavy atom. The lowest BCUT2D eigenvalue weighted by atomic mass is 10.6. The molecular formula is C6H12F3NOSi+. The maximum atomic E-state index is 11.9. The molecule has 0 saturated heterocycles. The van der Waals surface area contributed by atoms with Gasteiger partial charge in [0, 0.05) is 0 Å². The lowest BCUT2D eigenvalue weighted by molar-refractivity contribution is -0.175. The van der Waals surface area contributed by atoms with Crippen molar-refractivity contribution < 1.29 is 18.0 Å². The van der Waals surface area contributed by atoms with Crippen molar-refractivity contribution in [1.82, 2.24) is 4.57 Å². The number of alkyl halides is 3. The third-order valence-corrected chi connectivity index (χ3v) is 3.77. The van der Waals surface area contributed by atoms with E-state index in [1.807, 2.05) is 0 Å². The van der Waals surface area contributed by atoms with Crippen LogP contribution in [-0.2, 0) is 4.79 Å². The van der Waals surface area contributed by atoms with Gasteiger partial charge in [-0.15, -0.1) is 0 Å². The number of carbonyl (C=O) groups is 1. The number of carbonyl (C=O) groups excluding carboxylic acids is 1. The highest BCUT2D eigenvalue weighted by atomic mass is 28.3. The molecule has 0 aliphatic heterocycles. The number of hydrogen-bond acceptors (Lipinski definition) is 1. The predicted molar refractivity (Wildman–Crippen MR) is 42.5 cm³/mol. The van der Waals surface area contributed by atoms with E-state index in [4.69, 9.17) is 0 Å². The van der Waals surface area contributed by atoms with Crippen LogP contribution >= 0.6 is 0 Å². The molecule has 0 heterocycles. The Morgan fingerprint density at radius 3 is 1.67 bits per heavy atom. The number of halogens is 3. The number of amides is 1. The molecule has 0 aromatic heterocycles. The van der Waals surface area contributed by atoms with Gasteiger partial charge < -0.3 is 0 Å². The van der Waals surface area contributed by atoms with Crippen LogP contribution in [0.25, 0.3) is 0 Å². The van der Waals surface area contributed by atoms with Gasteiger partial charge in [0.15, 0.2) is 0 Å². The van der Waals surface area contributed by atoms with Gasteiger partial charge >= 0.3 is 20.3 Å². The first-order chi connectivity index (χ1) is 5.07. The van der Waals surface area contributed by atoms with Gasteiger partial charge in [0.05, 0.1) is 0 Å². The maximum Gasteiger partial charge on any atom is 0.512 e. The first-order valence-electron chi connectivity index (χ1n) is 3.42. The molecule has 0 aromatic carbocycles. The average molecular weight is 199 g/mol. The lowest BCUT2D eigenvalue weighted by Crippen LogP contribution is -2.56. The van der Waals surface area contributed by atoms with Crippen molar-refractivity contribution in [1.29, 1.82) is 0 Å². The molecule has 0 bridgehead atoms. The summed E-state index contributed by atoms with van der Waals surface area (Å²) >= 11 is 0. The van der Waals surface area contributed by atoms with Gasteiger partial charge in [-0.05, 0) is 19.6 Å². The molecule has 0 N–H and O–H groups in total. The summed E-state index contributed by atoms with van der Waals surface area (Å²) in [7, 11) is -0.973. The van der Waals surface area contributed by atoms with E-state index < -0.39 is 20.3 Å². The summed E-state index contributed by atoms with van der Waals surface area (Å²) in [5, 5.41) is 0. The summed E-state index contributed by atoms with van der Waals surface area (Å²) in [5.74, 6) is -1.75. The molecule has 12 heavy (non-hydrogen) atoms. The van der Waals surface area contributed by atoms with Crippen molar-refractivity contribution in [2.75, 3.05) is 7.05 Å². The van der Waals surface area contributed by atoms with E-state index in [9.17, 15) is 18.0 Å². The van der Waals surface area contributed by atoms with E-state index >= 15 is 0 Å². The highest BCUT2D eigenvalue weighted by Crippen LogP contribution is 2.19. The molecule has 0 spiro atoms. The maximum absolute atomic E-state index is 11.9. The van der Waals surface area contributed by atoms with E-state index in [1.54, 1.807) is 19.6 Å². The van der Waals surface area contributed by atoms with E-state index in [2.05, 4.69) is 0 Å². The Labute approximate surface area is 70.4 Å². The summed E-state index contributed by atoms with van der Waals surface area (Å²) in [5.41, 5.74) is 0. The van der Waals surface area contributed by atoms with Gasteiger partial charge in [-0.3, -0.25) is 0 Å². The van der Waals surface area contributed by atoms with Crippen molar-refractivity contribution in [2.45, 2.75) is 25.8 Å². The molecule has 0 unspecified atom stereocenters. The van der Waals surface area contributed by atoms with Crippen molar-refractivity contribution in [3.05, 3.63) is 0 Å². The van der Waals surface area contributed by atoms with Crippen LogP contribution in [0.5, 0.6) is 0 Å². The highest BCUT2D eigenvalue weighted by molar-refractivity contribution is 6.77. The van der Waals surface area contributed by atoms with Crippen LogP contribution in [0.3, 0.4) is 0 Å². The summed E-state index contributed by atoms with van der Waals surface area (Å²) in [6, 6.07) is 0. The van der Waals surface area contributed by atoms with Gasteiger partial charge in [0.25, 0.3) is 0 Å². The van der Waals surface area contributed by atoms with Crippen LogP contribution in [0.4, 0.5) is 13.2 Å². The van der Waals surface area contributed by atoms with Gasteiger partial charge in [-0.2, -0.15) is 17.7 Å². The third kappa shape index (κ3) is 2.94. The van der Waals surface area contributed by atoms with Gasteiger partial charge in [-0.1, -0.05) is 0 Å². The largest absolute Gasteiger partial charge is 0.512 e. The van der Waals surface area contributed by atoms with E-state index in [0.717, 1.165) is 4.57 Å². The fourth-order valence-corrected chi connectivity index (χ4v) is 1.23. The fraction of sp³-hybridized carbons (Fsp3) is 0.833. The number of rotatable bonds is 1. The van der Waals surface area contributed by atoms with Crippen molar-refractivity contribution in [3.63, 3.8) is 0 Å². The molecule has 0 aliphatic rings. The molecule has 1 amide bonds. The number of nitrogens with zero attached hydrogens (tertiary/aromatic N) is 1. The van der Waals surface area contributed by atoms with Crippen LogP contribution in [0.2, 0.25) is 19.6 Å². The van der Waals surface area contributed by atoms with E-state index in [-0.39, 0.29) is 0 Å². The Kier molecular flexibility index (Phi) is 3.08. The van der Waals surface area contributed by atoms with Gasteiger partial charge in [0.2, 0.25) is 0 Å². The Balaban J connectivity index is 4.53. The molecule has 0 aromatic rings. The number of hydrogen-bond donors (Lipinski definition) is 0. The van der Waals surface area contributed by atoms with Crippen LogP contribution in [-0.4, -0.2) is 27.4 Å². The molecule has 0 aliphatic carbocycles. The smallest absolute Gasteiger partial charge is 0.217 e. The average Bonchev–Trinajstić information content (AvgIpc) is 1.80. The van der Waals surface area contributed by atoms with Gasteiger partial charge in [-0.25, -0.2) is 4.79 Å².